The molecular formula is C15H22BrNO. The van der Waals surface area contributed by atoms with Crippen LogP contribution >= 0.6 is 15.9 Å². The van der Waals surface area contributed by atoms with Crippen LogP contribution in [0.1, 0.15) is 31.2 Å². The molecule has 0 spiro atoms. The Morgan fingerprint density at radius 2 is 2.11 bits per heavy atom. The first-order chi connectivity index (χ1) is 8.77. The number of rotatable bonds is 5. The zero-order valence-electron chi connectivity index (χ0n) is 11.0. The van der Waals surface area contributed by atoms with Crippen LogP contribution in [0.15, 0.2) is 22.7 Å². The van der Waals surface area contributed by atoms with Gasteiger partial charge in [0.1, 0.15) is 5.75 Å². The summed E-state index contributed by atoms with van der Waals surface area (Å²) in [7, 11) is 0. The summed E-state index contributed by atoms with van der Waals surface area (Å²) in [6, 6.07) is 6.13. The highest BCUT2D eigenvalue weighted by Gasteiger charge is 2.12. The first-order valence-electron chi connectivity index (χ1n) is 6.86. The molecule has 1 aromatic rings. The molecule has 0 amide bonds. The lowest BCUT2D eigenvalue weighted by Gasteiger charge is -2.22. The van der Waals surface area contributed by atoms with Gasteiger partial charge in [-0.05, 0) is 63.7 Å². The third kappa shape index (κ3) is 3.99. The fourth-order valence-corrected chi connectivity index (χ4v) is 2.82. The fraction of sp³-hybridized carbons (Fsp3) is 0.600. The highest BCUT2D eigenvalue weighted by atomic mass is 79.9. The van der Waals surface area contributed by atoms with Crippen LogP contribution in [0.4, 0.5) is 0 Å². The Morgan fingerprint density at radius 3 is 2.89 bits per heavy atom. The Kier molecular flexibility index (Phi) is 5.51. The Morgan fingerprint density at radius 1 is 1.33 bits per heavy atom. The smallest absolute Gasteiger partial charge is 0.123 e. The van der Waals surface area contributed by atoms with E-state index in [9.17, 15) is 0 Å². The molecule has 0 aromatic heterocycles. The van der Waals surface area contributed by atoms with Crippen molar-refractivity contribution in [1.29, 1.82) is 0 Å². The van der Waals surface area contributed by atoms with Crippen molar-refractivity contribution in [2.75, 3.05) is 19.7 Å². The summed E-state index contributed by atoms with van der Waals surface area (Å²) >= 11 is 3.53. The lowest BCUT2D eigenvalue weighted by molar-refractivity contribution is 0.272. The summed E-state index contributed by atoms with van der Waals surface area (Å²) in [6.45, 7) is 5.31. The average molecular weight is 312 g/mol. The van der Waals surface area contributed by atoms with Crippen molar-refractivity contribution in [3.63, 3.8) is 0 Å². The molecule has 0 unspecified atom stereocenters. The number of piperidine rings is 1. The molecule has 0 atom stereocenters. The van der Waals surface area contributed by atoms with E-state index in [4.69, 9.17) is 4.74 Å². The number of hydrogen-bond donors (Lipinski definition) is 1. The van der Waals surface area contributed by atoms with Gasteiger partial charge < -0.3 is 10.1 Å². The van der Waals surface area contributed by atoms with Crippen LogP contribution in [0.25, 0.3) is 0 Å². The van der Waals surface area contributed by atoms with Crippen molar-refractivity contribution in [3.8, 4) is 5.75 Å². The van der Waals surface area contributed by atoms with E-state index in [0.29, 0.717) is 0 Å². The van der Waals surface area contributed by atoms with Gasteiger partial charge in [0.15, 0.2) is 0 Å². The molecule has 18 heavy (non-hydrogen) atoms. The van der Waals surface area contributed by atoms with Crippen molar-refractivity contribution in [1.82, 2.24) is 5.32 Å². The van der Waals surface area contributed by atoms with E-state index in [1.807, 2.05) is 12.1 Å². The zero-order chi connectivity index (χ0) is 12.8. The van der Waals surface area contributed by atoms with Crippen molar-refractivity contribution >= 4 is 15.9 Å². The van der Waals surface area contributed by atoms with Gasteiger partial charge in [0.05, 0.1) is 6.61 Å². The van der Waals surface area contributed by atoms with Crippen LogP contribution in [0.5, 0.6) is 5.75 Å². The number of halogens is 1. The molecular weight excluding hydrogens is 290 g/mol. The monoisotopic (exact) mass is 311 g/mol. The second kappa shape index (κ2) is 7.15. The minimum atomic E-state index is 0.835. The van der Waals surface area contributed by atoms with Crippen LogP contribution in [0.3, 0.4) is 0 Å². The third-order valence-corrected chi connectivity index (χ3v) is 4.55. The first-order valence-corrected chi connectivity index (χ1v) is 7.65. The zero-order valence-corrected chi connectivity index (χ0v) is 12.6. The molecule has 100 valence electrons. The number of benzene rings is 1. The Hall–Kier alpha value is -0.540. The maximum Gasteiger partial charge on any atom is 0.123 e. The topological polar surface area (TPSA) is 21.3 Å². The normalized spacial score (nSPS) is 16.8. The molecule has 1 aliphatic rings. The average Bonchev–Trinajstić information content (AvgIpc) is 2.40. The molecule has 1 N–H and O–H groups in total. The molecule has 2 nitrogen and oxygen atoms in total. The van der Waals surface area contributed by atoms with Gasteiger partial charge in [-0.1, -0.05) is 22.0 Å². The summed E-state index contributed by atoms with van der Waals surface area (Å²) in [4.78, 5) is 0. The fourth-order valence-electron chi connectivity index (χ4n) is 2.47. The van der Waals surface area contributed by atoms with E-state index in [1.165, 1.54) is 37.9 Å². The summed E-state index contributed by atoms with van der Waals surface area (Å²) in [5, 5.41) is 3.41. The number of ether oxygens (including phenoxy) is 1. The molecule has 2 rings (SSSR count). The van der Waals surface area contributed by atoms with Crippen molar-refractivity contribution in [2.24, 2.45) is 5.92 Å². The van der Waals surface area contributed by atoms with Crippen LogP contribution in [0.2, 0.25) is 0 Å². The number of nitrogens with one attached hydrogen (secondary N) is 1. The van der Waals surface area contributed by atoms with Gasteiger partial charge >= 0.3 is 0 Å². The standard InChI is InChI=1S/C15H22BrNO/c1-12-14(16)5-2-6-15(12)18-11-3-4-13-7-9-17-10-8-13/h2,5-6,13,17H,3-4,7-11H2,1H3. The SMILES string of the molecule is Cc1c(Br)cccc1OCCCC1CCNCC1. The third-order valence-electron chi connectivity index (χ3n) is 3.69. The summed E-state index contributed by atoms with van der Waals surface area (Å²) in [5.41, 5.74) is 1.19. The Labute approximate surface area is 118 Å². The summed E-state index contributed by atoms with van der Waals surface area (Å²) in [6.07, 6.45) is 5.12. The van der Waals surface area contributed by atoms with Crippen molar-refractivity contribution in [2.45, 2.75) is 32.6 Å². The maximum absolute atomic E-state index is 5.86. The molecule has 0 bridgehead atoms. The summed E-state index contributed by atoms with van der Waals surface area (Å²) in [5.74, 6) is 1.91. The van der Waals surface area contributed by atoms with Crippen LogP contribution in [0, 0.1) is 12.8 Å². The Bertz CT molecular complexity index is 375. The lowest BCUT2D eigenvalue weighted by Crippen LogP contribution is -2.27. The molecule has 1 fully saturated rings. The maximum atomic E-state index is 5.86. The highest BCUT2D eigenvalue weighted by Crippen LogP contribution is 2.26. The van der Waals surface area contributed by atoms with E-state index >= 15 is 0 Å². The van der Waals surface area contributed by atoms with Crippen LogP contribution in [-0.4, -0.2) is 19.7 Å². The molecule has 0 saturated carbocycles. The van der Waals surface area contributed by atoms with E-state index in [-0.39, 0.29) is 0 Å². The predicted molar refractivity (Wildman–Crippen MR) is 79.2 cm³/mol. The molecule has 1 saturated heterocycles. The van der Waals surface area contributed by atoms with Gasteiger partial charge in [-0.3, -0.25) is 0 Å². The van der Waals surface area contributed by atoms with Gasteiger partial charge in [-0.2, -0.15) is 0 Å². The minimum absolute atomic E-state index is 0.835. The van der Waals surface area contributed by atoms with Gasteiger partial charge in [-0.25, -0.2) is 0 Å². The molecule has 3 heteroatoms. The van der Waals surface area contributed by atoms with Crippen LogP contribution in [-0.2, 0) is 0 Å². The minimum Gasteiger partial charge on any atom is -0.493 e. The second-order valence-corrected chi connectivity index (χ2v) is 5.90. The van der Waals surface area contributed by atoms with Gasteiger partial charge in [0.2, 0.25) is 0 Å². The number of hydrogen-bond acceptors (Lipinski definition) is 2. The largest absolute Gasteiger partial charge is 0.493 e. The molecule has 0 radical (unpaired) electrons. The van der Waals surface area contributed by atoms with Crippen LogP contribution < -0.4 is 10.1 Å². The van der Waals surface area contributed by atoms with Crippen molar-refractivity contribution in [3.05, 3.63) is 28.2 Å². The lowest BCUT2D eigenvalue weighted by atomic mass is 9.93. The van der Waals surface area contributed by atoms with Gasteiger partial charge in [0, 0.05) is 10.0 Å². The van der Waals surface area contributed by atoms with E-state index in [2.05, 4.69) is 34.2 Å². The van der Waals surface area contributed by atoms with Crippen molar-refractivity contribution < 1.29 is 4.74 Å². The molecule has 0 aliphatic carbocycles. The Balaban J connectivity index is 1.70. The molecule has 1 heterocycles. The summed E-state index contributed by atoms with van der Waals surface area (Å²) < 4.78 is 6.99. The second-order valence-electron chi connectivity index (χ2n) is 5.05. The van der Waals surface area contributed by atoms with E-state index < -0.39 is 0 Å². The predicted octanol–water partition coefficient (Wildman–Crippen LogP) is 3.92. The molecule has 1 aromatic carbocycles. The molecule has 1 aliphatic heterocycles. The quantitative estimate of drug-likeness (QED) is 0.832. The van der Waals surface area contributed by atoms with Gasteiger partial charge in [-0.15, -0.1) is 0 Å². The highest BCUT2D eigenvalue weighted by molar-refractivity contribution is 9.10. The first kappa shape index (κ1) is 13.9. The van der Waals surface area contributed by atoms with E-state index in [1.54, 1.807) is 0 Å². The van der Waals surface area contributed by atoms with E-state index in [0.717, 1.165) is 29.2 Å². The van der Waals surface area contributed by atoms with Gasteiger partial charge in [0.25, 0.3) is 0 Å².